The Bertz CT molecular complexity index is 362. The third-order valence-electron chi connectivity index (χ3n) is 2.69. The number of carbonyl (C=O) groups excluding carboxylic acids is 1. The molecule has 1 atom stereocenters. The molecule has 0 unspecified atom stereocenters. The number of hydrogen-bond donors (Lipinski definition) is 2. The zero-order chi connectivity index (χ0) is 13.2. The van der Waals surface area contributed by atoms with Crippen molar-refractivity contribution in [3.63, 3.8) is 0 Å². The lowest BCUT2D eigenvalue weighted by molar-refractivity contribution is -0.120. The van der Waals surface area contributed by atoms with Crippen molar-refractivity contribution in [2.45, 2.75) is 25.8 Å². The average Bonchev–Trinajstić information content (AvgIpc) is 2.38. The molecule has 0 aliphatic carbocycles. The van der Waals surface area contributed by atoms with Gasteiger partial charge in [0.25, 0.3) is 0 Å². The maximum Gasteiger partial charge on any atom is 0.234 e. The second-order valence-electron chi connectivity index (χ2n) is 4.41. The summed E-state index contributed by atoms with van der Waals surface area (Å²) in [4.78, 5) is 11.5. The van der Waals surface area contributed by atoms with Crippen LogP contribution in [0.15, 0.2) is 43.0 Å². The van der Waals surface area contributed by atoms with E-state index in [1.165, 1.54) is 5.56 Å². The van der Waals surface area contributed by atoms with Crippen LogP contribution in [0.5, 0.6) is 0 Å². The van der Waals surface area contributed by atoms with Gasteiger partial charge in [0.2, 0.25) is 5.91 Å². The standard InChI is InChI=1S/C15H22N2O/c1-3-11-16-12-15(18)17-13(2)9-10-14-7-5-4-6-8-14/h3-8,13,16H,1,9-12H2,2H3,(H,17,18)/t13-/m1/s1. The summed E-state index contributed by atoms with van der Waals surface area (Å²) >= 11 is 0. The number of benzene rings is 1. The molecule has 0 fully saturated rings. The lowest BCUT2D eigenvalue weighted by Crippen LogP contribution is -2.39. The Morgan fingerprint density at radius 3 is 2.78 bits per heavy atom. The minimum Gasteiger partial charge on any atom is -0.353 e. The average molecular weight is 246 g/mol. The number of aryl methyl sites for hydroxylation is 1. The van der Waals surface area contributed by atoms with Crippen molar-refractivity contribution in [2.75, 3.05) is 13.1 Å². The van der Waals surface area contributed by atoms with Crippen LogP contribution in [0, 0.1) is 0 Å². The Labute approximate surface area is 109 Å². The lowest BCUT2D eigenvalue weighted by Gasteiger charge is -2.14. The minimum absolute atomic E-state index is 0.0393. The third kappa shape index (κ3) is 6.21. The summed E-state index contributed by atoms with van der Waals surface area (Å²) in [5.41, 5.74) is 1.31. The van der Waals surface area contributed by atoms with Crippen LogP contribution in [0.25, 0.3) is 0 Å². The van der Waals surface area contributed by atoms with Crippen molar-refractivity contribution in [3.05, 3.63) is 48.6 Å². The molecule has 2 N–H and O–H groups in total. The van der Waals surface area contributed by atoms with E-state index in [0.29, 0.717) is 13.1 Å². The number of carbonyl (C=O) groups is 1. The van der Waals surface area contributed by atoms with Crippen molar-refractivity contribution in [3.8, 4) is 0 Å². The highest BCUT2D eigenvalue weighted by molar-refractivity contribution is 5.78. The second kappa shape index (κ2) is 8.48. The second-order valence-corrected chi connectivity index (χ2v) is 4.41. The van der Waals surface area contributed by atoms with Gasteiger partial charge in [0.1, 0.15) is 0 Å². The molecule has 98 valence electrons. The molecule has 1 aromatic carbocycles. The highest BCUT2D eigenvalue weighted by atomic mass is 16.1. The maximum absolute atomic E-state index is 11.5. The van der Waals surface area contributed by atoms with Crippen molar-refractivity contribution < 1.29 is 4.79 Å². The molecule has 0 aliphatic heterocycles. The summed E-state index contributed by atoms with van der Waals surface area (Å²) in [7, 11) is 0. The van der Waals surface area contributed by atoms with Gasteiger partial charge >= 0.3 is 0 Å². The van der Waals surface area contributed by atoms with Crippen LogP contribution in [0.2, 0.25) is 0 Å². The molecule has 0 radical (unpaired) electrons. The summed E-state index contributed by atoms with van der Waals surface area (Å²) in [5.74, 6) is 0.0393. The van der Waals surface area contributed by atoms with Gasteiger partial charge < -0.3 is 10.6 Å². The maximum atomic E-state index is 11.5. The molecule has 3 heteroatoms. The highest BCUT2D eigenvalue weighted by Crippen LogP contribution is 2.04. The molecular formula is C15H22N2O. The van der Waals surface area contributed by atoms with Crippen molar-refractivity contribution in [1.29, 1.82) is 0 Å². The van der Waals surface area contributed by atoms with E-state index in [4.69, 9.17) is 0 Å². The Morgan fingerprint density at radius 1 is 1.39 bits per heavy atom. The summed E-state index contributed by atoms with van der Waals surface area (Å²) in [5, 5.41) is 5.96. The van der Waals surface area contributed by atoms with Crippen LogP contribution >= 0.6 is 0 Å². The van der Waals surface area contributed by atoms with Gasteiger partial charge in [-0.25, -0.2) is 0 Å². The molecule has 0 aromatic heterocycles. The largest absolute Gasteiger partial charge is 0.353 e. The van der Waals surface area contributed by atoms with E-state index in [-0.39, 0.29) is 11.9 Å². The van der Waals surface area contributed by atoms with E-state index in [9.17, 15) is 4.79 Å². The molecule has 18 heavy (non-hydrogen) atoms. The summed E-state index contributed by atoms with van der Waals surface area (Å²) in [6.07, 6.45) is 3.69. The van der Waals surface area contributed by atoms with E-state index in [1.54, 1.807) is 6.08 Å². The van der Waals surface area contributed by atoms with E-state index in [1.807, 2.05) is 25.1 Å². The van der Waals surface area contributed by atoms with Crippen LogP contribution < -0.4 is 10.6 Å². The minimum atomic E-state index is 0.0393. The molecule has 1 rings (SSSR count). The normalized spacial score (nSPS) is 11.8. The number of rotatable bonds is 8. The van der Waals surface area contributed by atoms with Crippen LogP contribution in [-0.2, 0) is 11.2 Å². The first-order valence-electron chi connectivity index (χ1n) is 6.37. The van der Waals surface area contributed by atoms with Gasteiger partial charge in [-0.05, 0) is 25.3 Å². The Morgan fingerprint density at radius 2 is 2.11 bits per heavy atom. The third-order valence-corrected chi connectivity index (χ3v) is 2.69. The van der Waals surface area contributed by atoms with E-state index < -0.39 is 0 Å². The zero-order valence-corrected chi connectivity index (χ0v) is 11.0. The molecule has 0 saturated heterocycles. The lowest BCUT2D eigenvalue weighted by atomic mass is 10.1. The Balaban J connectivity index is 2.19. The Kier molecular flexibility index (Phi) is 6.81. The predicted molar refractivity (Wildman–Crippen MR) is 75.4 cm³/mol. The first kappa shape index (κ1) is 14.5. The first-order chi connectivity index (χ1) is 8.72. The monoisotopic (exact) mass is 246 g/mol. The predicted octanol–water partition coefficient (Wildman–Crippen LogP) is 1.90. The molecule has 0 heterocycles. The smallest absolute Gasteiger partial charge is 0.234 e. The summed E-state index contributed by atoms with van der Waals surface area (Å²) in [6, 6.07) is 10.5. The van der Waals surface area contributed by atoms with Crippen molar-refractivity contribution in [1.82, 2.24) is 10.6 Å². The quantitative estimate of drug-likeness (QED) is 0.543. The first-order valence-corrected chi connectivity index (χ1v) is 6.37. The molecule has 3 nitrogen and oxygen atoms in total. The molecular weight excluding hydrogens is 224 g/mol. The molecule has 0 aliphatic rings. The highest BCUT2D eigenvalue weighted by Gasteiger charge is 2.06. The zero-order valence-electron chi connectivity index (χ0n) is 11.0. The fourth-order valence-electron chi connectivity index (χ4n) is 1.71. The number of nitrogens with one attached hydrogen (secondary N) is 2. The molecule has 1 amide bonds. The van der Waals surface area contributed by atoms with Gasteiger partial charge in [-0.2, -0.15) is 0 Å². The van der Waals surface area contributed by atoms with Gasteiger partial charge in [-0.15, -0.1) is 6.58 Å². The van der Waals surface area contributed by atoms with Crippen LogP contribution in [0.1, 0.15) is 18.9 Å². The van der Waals surface area contributed by atoms with Gasteiger partial charge in [0, 0.05) is 12.6 Å². The van der Waals surface area contributed by atoms with Crippen LogP contribution in [0.3, 0.4) is 0 Å². The molecule has 0 spiro atoms. The van der Waals surface area contributed by atoms with E-state index in [2.05, 4.69) is 29.3 Å². The van der Waals surface area contributed by atoms with Gasteiger partial charge in [-0.3, -0.25) is 4.79 Å². The topological polar surface area (TPSA) is 41.1 Å². The van der Waals surface area contributed by atoms with E-state index in [0.717, 1.165) is 12.8 Å². The molecule has 1 aromatic rings. The van der Waals surface area contributed by atoms with E-state index >= 15 is 0 Å². The fourth-order valence-corrected chi connectivity index (χ4v) is 1.71. The number of amides is 1. The Hall–Kier alpha value is -1.61. The van der Waals surface area contributed by atoms with Gasteiger partial charge in [0.05, 0.1) is 6.54 Å². The van der Waals surface area contributed by atoms with Crippen molar-refractivity contribution >= 4 is 5.91 Å². The van der Waals surface area contributed by atoms with Crippen molar-refractivity contribution in [2.24, 2.45) is 0 Å². The fraction of sp³-hybridized carbons (Fsp3) is 0.400. The van der Waals surface area contributed by atoms with Gasteiger partial charge in [0.15, 0.2) is 0 Å². The number of hydrogen-bond acceptors (Lipinski definition) is 2. The summed E-state index contributed by atoms with van der Waals surface area (Å²) in [6.45, 7) is 6.63. The van der Waals surface area contributed by atoms with Crippen LogP contribution in [-0.4, -0.2) is 25.0 Å². The molecule has 0 bridgehead atoms. The van der Waals surface area contributed by atoms with Crippen LogP contribution in [0.4, 0.5) is 0 Å². The van der Waals surface area contributed by atoms with Gasteiger partial charge in [-0.1, -0.05) is 36.4 Å². The molecule has 0 saturated carbocycles. The summed E-state index contributed by atoms with van der Waals surface area (Å²) < 4.78 is 0. The SMILES string of the molecule is C=CCNCC(=O)N[C@H](C)CCc1ccccc1.